The third kappa shape index (κ3) is 5.60. The quantitative estimate of drug-likeness (QED) is 0.554. The summed E-state index contributed by atoms with van der Waals surface area (Å²) in [5, 5.41) is 3.32. The number of nitrogens with one attached hydrogen (secondary N) is 1. The number of ketones is 1. The van der Waals surface area contributed by atoms with Gasteiger partial charge in [0.25, 0.3) is 5.91 Å². The Bertz CT molecular complexity index is 841. The van der Waals surface area contributed by atoms with Crippen molar-refractivity contribution in [3.8, 4) is 5.75 Å². The van der Waals surface area contributed by atoms with Crippen molar-refractivity contribution in [2.45, 2.75) is 27.7 Å². The maximum atomic E-state index is 13.0. The van der Waals surface area contributed by atoms with Crippen molar-refractivity contribution in [1.29, 1.82) is 0 Å². The van der Waals surface area contributed by atoms with Gasteiger partial charge in [0, 0.05) is 24.3 Å². The van der Waals surface area contributed by atoms with Gasteiger partial charge in [-0.1, -0.05) is 19.9 Å². The van der Waals surface area contributed by atoms with E-state index in [1.807, 2.05) is 52.0 Å². The topological polar surface area (TPSA) is 61.9 Å². The van der Waals surface area contributed by atoms with E-state index in [-0.39, 0.29) is 11.7 Å². The first-order chi connectivity index (χ1) is 14.5. The summed E-state index contributed by atoms with van der Waals surface area (Å²) >= 11 is 0. The summed E-state index contributed by atoms with van der Waals surface area (Å²) in [5.41, 5.74) is 2.67. The average molecular weight is 412 g/mol. The number of benzene rings is 2. The monoisotopic (exact) mass is 411 g/mol. The fraction of sp³-hybridized carbons (Fsp3) is 0.417. The number of ether oxygens (including phenoxy) is 1. The Balaban J connectivity index is 2.28. The van der Waals surface area contributed by atoms with Crippen molar-refractivity contribution in [2.75, 3.05) is 45.2 Å². The molecule has 0 unspecified atom stereocenters. The largest absolute Gasteiger partial charge is 0.496 e. The summed E-state index contributed by atoms with van der Waals surface area (Å²) in [4.78, 5) is 29.4. The van der Waals surface area contributed by atoms with Crippen LogP contribution >= 0.6 is 0 Å². The van der Waals surface area contributed by atoms with Crippen LogP contribution in [0.3, 0.4) is 0 Å². The maximum absolute atomic E-state index is 13.0. The molecular weight excluding hydrogens is 378 g/mol. The van der Waals surface area contributed by atoms with Crippen molar-refractivity contribution in [1.82, 2.24) is 9.80 Å². The van der Waals surface area contributed by atoms with Gasteiger partial charge in [-0.2, -0.15) is 0 Å². The lowest BCUT2D eigenvalue weighted by atomic mass is 10.1. The van der Waals surface area contributed by atoms with E-state index in [2.05, 4.69) is 10.2 Å². The molecule has 2 rings (SSSR count). The van der Waals surface area contributed by atoms with Gasteiger partial charge in [-0.3, -0.25) is 14.5 Å². The molecule has 0 radical (unpaired) electrons. The van der Waals surface area contributed by atoms with Crippen LogP contribution in [-0.2, 0) is 0 Å². The molecule has 0 spiro atoms. The lowest BCUT2D eigenvalue weighted by molar-refractivity contribution is 0.0772. The number of anilines is 2. The Morgan fingerprint density at radius 1 is 0.900 bits per heavy atom. The van der Waals surface area contributed by atoms with E-state index in [0.717, 1.165) is 18.8 Å². The van der Waals surface area contributed by atoms with Crippen LogP contribution in [0.5, 0.6) is 5.75 Å². The van der Waals surface area contributed by atoms with Crippen LogP contribution in [0.2, 0.25) is 0 Å². The summed E-state index contributed by atoms with van der Waals surface area (Å²) < 4.78 is 5.47. The predicted octanol–water partition coefficient (Wildman–Crippen LogP) is 4.45. The zero-order valence-corrected chi connectivity index (χ0v) is 18.7. The van der Waals surface area contributed by atoms with Gasteiger partial charge in [-0.25, -0.2) is 0 Å². The second-order valence-corrected chi connectivity index (χ2v) is 6.95. The molecule has 0 heterocycles. The van der Waals surface area contributed by atoms with Gasteiger partial charge in [0.1, 0.15) is 5.75 Å². The molecule has 0 fully saturated rings. The number of hydrogen-bond donors (Lipinski definition) is 1. The standard InChI is InChI=1S/C24H33N3O3/c1-6-26(7-2)17-21(28)23-20(11-10-12-22(23)30-5)25-19-15-13-18(14-16-19)24(29)27(8-3)9-4/h10-16,25H,6-9,17H2,1-5H3. The lowest BCUT2D eigenvalue weighted by Crippen LogP contribution is -2.30. The Hall–Kier alpha value is -2.86. The van der Waals surface area contributed by atoms with Gasteiger partial charge in [0.05, 0.1) is 24.9 Å². The van der Waals surface area contributed by atoms with E-state index in [4.69, 9.17) is 4.74 Å². The van der Waals surface area contributed by atoms with E-state index in [1.165, 1.54) is 0 Å². The number of amides is 1. The fourth-order valence-corrected chi connectivity index (χ4v) is 3.37. The van der Waals surface area contributed by atoms with Crippen LogP contribution < -0.4 is 10.1 Å². The Kier molecular flexibility index (Phi) is 8.87. The molecule has 0 bridgehead atoms. The van der Waals surface area contributed by atoms with Crippen molar-refractivity contribution in [2.24, 2.45) is 0 Å². The Labute approximate surface area is 179 Å². The zero-order chi connectivity index (χ0) is 22.1. The minimum atomic E-state index is 0.00646. The minimum Gasteiger partial charge on any atom is -0.496 e. The number of rotatable bonds is 11. The van der Waals surface area contributed by atoms with Gasteiger partial charge >= 0.3 is 0 Å². The van der Waals surface area contributed by atoms with E-state index in [0.29, 0.717) is 42.2 Å². The Morgan fingerprint density at radius 2 is 1.53 bits per heavy atom. The second-order valence-electron chi connectivity index (χ2n) is 6.95. The van der Waals surface area contributed by atoms with E-state index in [9.17, 15) is 9.59 Å². The molecule has 0 atom stereocenters. The SMILES string of the molecule is CCN(CC)CC(=O)c1c(Nc2ccc(C(=O)N(CC)CC)cc2)cccc1OC. The number of carbonyl (C=O) groups excluding carboxylic acids is 2. The molecule has 1 N–H and O–H groups in total. The van der Waals surface area contributed by atoms with Crippen LogP contribution in [0.1, 0.15) is 48.4 Å². The van der Waals surface area contributed by atoms with Crippen molar-refractivity contribution >= 4 is 23.1 Å². The summed E-state index contributed by atoms with van der Waals surface area (Å²) in [6.45, 7) is 11.3. The van der Waals surface area contributed by atoms with Crippen molar-refractivity contribution in [3.05, 3.63) is 53.6 Å². The van der Waals surface area contributed by atoms with Crippen LogP contribution in [0.15, 0.2) is 42.5 Å². The van der Waals surface area contributed by atoms with Crippen LogP contribution in [0.25, 0.3) is 0 Å². The molecule has 0 saturated heterocycles. The van der Waals surface area contributed by atoms with Gasteiger partial charge in [0.2, 0.25) is 0 Å². The highest BCUT2D eigenvalue weighted by atomic mass is 16.5. The highest BCUT2D eigenvalue weighted by molar-refractivity contribution is 6.05. The maximum Gasteiger partial charge on any atom is 0.253 e. The second kappa shape index (κ2) is 11.4. The normalized spacial score (nSPS) is 10.7. The lowest BCUT2D eigenvalue weighted by Gasteiger charge is -2.20. The molecule has 0 aliphatic heterocycles. The van der Waals surface area contributed by atoms with Crippen molar-refractivity contribution < 1.29 is 14.3 Å². The smallest absolute Gasteiger partial charge is 0.253 e. The number of carbonyl (C=O) groups is 2. The zero-order valence-electron chi connectivity index (χ0n) is 18.7. The van der Waals surface area contributed by atoms with Gasteiger partial charge in [-0.05, 0) is 63.3 Å². The highest BCUT2D eigenvalue weighted by Crippen LogP contribution is 2.30. The summed E-state index contributed by atoms with van der Waals surface area (Å²) in [6.07, 6.45) is 0. The fourth-order valence-electron chi connectivity index (χ4n) is 3.37. The van der Waals surface area contributed by atoms with E-state index < -0.39 is 0 Å². The third-order valence-electron chi connectivity index (χ3n) is 5.25. The third-order valence-corrected chi connectivity index (χ3v) is 5.25. The molecule has 0 saturated carbocycles. The minimum absolute atomic E-state index is 0.00646. The predicted molar refractivity (Wildman–Crippen MR) is 122 cm³/mol. The van der Waals surface area contributed by atoms with Gasteiger partial charge in [-0.15, -0.1) is 0 Å². The number of nitrogens with zero attached hydrogens (tertiary/aromatic N) is 2. The first-order valence-corrected chi connectivity index (χ1v) is 10.6. The molecule has 162 valence electrons. The summed E-state index contributed by atoms with van der Waals surface area (Å²) in [5.74, 6) is 0.570. The molecule has 0 aromatic heterocycles. The molecule has 2 aromatic rings. The van der Waals surface area contributed by atoms with Crippen LogP contribution in [-0.4, -0.2) is 61.3 Å². The molecule has 2 aromatic carbocycles. The Morgan fingerprint density at radius 3 is 2.07 bits per heavy atom. The highest BCUT2D eigenvalue weighted by Gasteiger charge is 2.19. The molecule has 0 aliphatic rings. The molecule has 30 heavy (non-hydrogen) atoms. The van der Waals surface area contributed by atoms with Crippen LogP contribution in [0.4, 0.5) is 11.4 Å². The number of hydrogen-bond acceptors (Lipinski definition) is 5. The average Bonchev–Trinajstić information content (AvgIpc) is 2.78. The molecule has 1 amide bonds. The number of Topliss-reactive ketones (excluding diaryl/α,β-unsaturated/α-hetero) is 1. The molecule has 6 heteroatoms. The van der Waals surface area contributed by atoms with Crippen LogP contribution in [0, 0.1) is 0 Å². The molecule has 6 nitrogen and oxygen atoms in total. The summed E-state index contributed by atoms with van der Waals surface area (Å²) in [7, 11) is 1.57. The molecular formula is C24H33N3O3. The van der Waals surface area contributed by atoms with E-state index in [1.54, 1.807) is 30.2 Å². The van der Waals surface area contributed by atoms with Gasteiger partial charge in [0.15, 0.2) is 5.78 Å². The van der Waals surface area contributed by atoms with Gasteiger partial charge < -0.3 is 15.0 Å². The number of likely N-dealkylation sites (N-methyl/N-ethyl adjacent to an activating group) is 1. The first kappa shape index (κ1) is 23.4. The van der Waals surface area contributed by atoms with Crippen molar-refractivity contribution in [3.63, 3.8) is 0 Å². The van der Waals surface area contributed by atoms with E-state index >= 15 is 0 Å². The molecule has 0 aliphatic carbocycles. The first-order valence-electron chi connectivity index (χ1n) is 10.6. The summed E-state index contributed by atoms with van der Waals surface area (Å²) in [6, 6.07) is 12.8. The number of methoxy groups -OCH3 is 1.